The van der Waals surface area contributed by atoms with E-state index >= 15 is 0 Å². The quantitative estimate of drug-likeness (QED) is 0.692. The van der Waals surface area contributed by atoms with Crippen molar-refractivity contribution in [3.8, 4) is 0 Å². The summed E-state index contributed by atoms with van der Waals surface area (Å²) in [5.74, 6) is 0. The van der Waals surface area contributed by atoms with Gasteiger partial charge in [-0.3, -0.25) is 0 Å². The van der Waals surface area contributed by atoms with Gasteiger partial charge in [0.15, 0.2) is 0 Å². The molecule has 6 heteroatoms. The number of rotatable bonds is 7. The van der Waals surface area contributed by atoms with E-state index in [-0.39, 0.29) is 6.61 Å². The molecule has 1 saturated heterocycles. The summed E-state index contributed by atoms with van der Waals surface area (Å²) in [7, 11) is -1.60. The summed E-state index contributed by atoms with van der Waals surface area (Å²) in [5, 5.41) is 8.66. The largest absolute Gasteiger partial charge is 0.396 e. The van der Waals surface area contributed by atoms with Crippen molar-refractivity contribution in [2.45, 2.75) is 38.5 Å². The third kappa shape index (κ3) is 4.54. The van der Waals surface area contributed by atoms with E-state index in [0.29, 0.717) is 19.6 Å². The molecule has 1 fully saturated rings. The van der Waals surface area contributed by atoms with Gasteiger partial charge in [-0.2, -0.15) is 17.0 Å². The number of hydrogen-bond donors (Lipinski definition) is 1. The second-order valence-corrected chi connectivity index (χ2v) is 6.61. The maximum atomic E-state index is 12.2. The highest BCUT2D eigenvalue weighted by Crippen LogP contribution is 2.15. The van der Waals surface area contributed by atoms with Gasteiger partial charge < -0.3 is 5.11 Å². The lowest BCUT2D eigenvalue weighted by molar-refractivity contribution is 0.279. The van der Waals surface area contributed by atoms with E-state index in [1.165, 1.54) is 4.31 Å². The lowest BCUT2D eigenvalue weighted by Gasteiger charge is -2.30. The second-order valence-electron chi connectivity index (χ2n) is 4.57. The molecule has 0 aromatic rings. The van der Waals surface area contributed by atoms with E-state index in [2.05, 4.69) is 0 Å². The molecular weight excluding hydrogens is 240 g/mol. The molecule has 1 aliphatic rings. The zero-order valence-corrected chi connectivity index (χ0v) is 11.5. The first-order chi connectivity index (χ1) is 8.09. The van der Waals surface area contributed by atoms with Crippen molar-refractivity contribution in [1.29, 1.82) is 0 Å². The van der Waals surface area contributed by atoms with Gasteiger partial charge in [0.1, 0.15) is 0 Å². The minimum atomic E-state index is -3.25. The third-order valence-electron chi connectivity index (χ3n) is 3.17. The SMILES string of the molecule is CN(CCCCCO)S(=O)(=O)N1CCCCC1. The first-order valence-electron chi connectivity index (χ1n) is 6.41. The fraction of sp³-hybridized carbons (Fsp3) is 1.00. The first-order valence-corrected chi connectivity index (χ1v) is 7.81. The Balaban J connectivity index is 2.39. The highest BCUT2D eigenvalue weighted by molar-refractivity contribution is 7.86. The number of nitrogens with zero attached hydrogens (tertiary/aromatic N) is 2. The van der Waals surface area contributed by atoms with Crippen LogP contribution >= 0.6 is 0 Å². The molecule has 0 amide bonds. The van der Waals surface area contributed by atoms with E-state index in [9.17, 15) is 8.42 Å². The van der Waals surface area contributed by atoms with E-state index < -0.39 is 10.2 Å². The molecule has 0 bridgehead atoms. The predicted molar refractivity (Wildman–Crippen MR) is 67.9 cm³/mol. The van der Waals surface area contributed by atoms with Gasteiger partial charge in [-0.05, 0) is 32.1 Å². The normalized spacial score (nSPS) is 18.8. The summed E-state index contributed by atoms with van der Waals surface area (Å²) >= 11 is 0. The number of piperidine rings is 1. The van der Waals surface area contributed by atoms with Gasteiger partial charge in [0, 0.05) is 33.3 Å². The number of hydrogen-bond acceptors (Lipinski definition) is 3. The fourth-order valence-electron chi connectivity index (χ4n) is 2.03. The summed E-state index contributed by atoms with van der Waals surface area (Å²) in [6.45, 7) is 2.04. The average molecular weight is 264 g/mol. The van der Waals surface area contributed by atoms with E-state index in [4.69, 9.17) is 5.11 Å². The molecule has 0 aliphatic carbocycles. The van der Waals surface area contributed by atoms with Gasteiger partial charge in [0.2, 0.25) is 0 Å². The molecule has 0 spiro atoms. The lowest BCUT2D eigenvalue weighted by Crippen LogP contribution is -2.44. The van der Waals surface area contributed by atoms with Crippen molar-refractivity contribution in [3.05, 3.63) is 0 Å². The Kier molecular flexibility index (Phi) is 6.40. The first kappa shape index (κ1) is 14.9. The Bertz CT molecular complexity index is 300. The third-order valence-corrected chi connectivity index (χ3v) is 5.15. The Morgan fingerprint density at radius 3 is 2.35 bits per heavy atom. The highest BCUT2D eigenvalue weighted by Gasteiger charge is 2.27. The average Bonchev–Trinajstić information content (AvgIpc) is 2.35. The van der Waals surface area contributed by atoms with E-state index in [1.807, 2.05) is 0 Å². The zero-order chi connectivity index (χ0) is 12.7. The van der Waals surface area contributed by atoms with Crippen LogP contribution in [-0.4, -0.2) is 55.4 Å². The molecule has 1 aliphatic heterocycles. The zero-order valence-electron chi connectivity index (χ0n) is 10.6. The molecular formula is C11H24N2O3S. The molecule has 0 radical (unpaired) electrons. The number of aliphatic hydroxyl groups is 1. The van der Waals surface area contributed by atoms with Crippen molar-refractivity contribution in [2.24, 2.45) is 0 Å². The summed E-state index contributed by atoms with van der Waals surface area (Å²) in [6.07, 6.45) is 5.50. The van der Waals surface area contributed by atoms with Gasteiger partial charge in [-0.15, -0.1) is 0 Å². The van der Waals surface area contributed by atoms with Crippen LogP contribution in [0.1, 0.15) is 38.5 Å². The molecule has 102 valence electrons. The van der Waals surface area contributed by atoms with Crippen LogP contribution in [0.3, 0.4) is 0 Å². The maximum absolute atomic E-state index is 12.2. The summed E-state index contributed by atoms with van der Waals surface area (Å²) in [4.78, 5) is 0. The Labute approximate surface area is 105 Å². The molecule has 0 aromatic heterocycles. The topological polar surface area (TPSA) is 60.9 Å². The minimum Gasteiger partial charge on any atom is -0.396 e. The van der Waals surface area contributed by atoms with Crippen LogP contribution in [0.4, 0.5) is 0 Å². The van der Waals surface area contributed by atoms with Gasteiger partial charge in [0.25, 0.3) is 10.2 Å². The Morgan fingerprint density at radius 2 is 1.76 bits per heavy atom. The fourth-order valence-corrected chi connectivity index (χ4v) is 3.50. The van der Waals surface area contributed by atoms with E-state index in [0.717, 1.165) is 38.5 Å². The van der Waals surface area contributed by atoms with Gasteiger partial charge in [-0.1, -0.05) is 6.42 Å². The smallest absolute Gasteiger partial charge is 0.281 e. The summed E-state index contributed by atoms with van der Waals surface area (Å²) in [6, 6.07) is 0. The van der Waals surface area contributed by atoms with Crippen LogP contribution in [-0.2, 0) is 10.2 Å². The van der Waals surface area contributed by atoms with Crippen LogP contribution in [0.25, 0.3) is 0 Å². The van der Waals surface area contributed by atoms with Crippen molar-refractivity contribution in [3.63, 3.8) is 0 Å². The van der Waals surface area contributed by atoms with Crippen LogP contribution in [0.2, 0.25) is 0 Å². The second kappa shape index (κ2) is 7.31. The molecule has 17 heavy (non-hydrogen) atoms. The lowest BCUT2D eigenvalue weighted by atomic mass is 10.2. The molecule has 0 atom stereocenters. The monoisotopic (exact) mass is 264 g/mol. The van der Waals surface area contributed by atoms with Crippen LogP contribution in [0, 0.1) is 0 Å². The van der Waals surface area contributed by atoms with Gasteiger partial charge in [0.05, 0.1) is 0 Å². The van der Waals surface area contributed by atoms with Crippen LogP contribution < -0.4 is 0 Å². The van der Waals surface area contributed by atoms with Crippen molar-refractivity contribution in [1.82, 2.24) is 8.61 Å². The molecule has 1 heterocycles. The number of unbranched alkanes of at least 4 members (excludes halogenated alkanes) is 2. The standard InChI is InChI=1S/C11H24N2O3S/c1-12(8-4-3-7-11-14)17(15,16)13-9-5-2-6-10-13/h14H,2-11H2,1H3. The maximum Gasteiger partial charge on any atom is 0.281 e. The molecule has 1 rings (SSSR count). The van der Waals surface area contributed by atoms with E-state index in [1.54, 1.807) is 11.4 Å². The number of aliphatic hydroxyl groups excluding tert-OH is 1. The van der Waals surface area contributed by atoms with Crippen molar-refractivity contribution < 1.29 is 13.5 Å². The molecule has 0 saturated carbocycles. The Morgan fingerprint density at radius 1 is 1.12 bits per heavy atom. The summed E-state index contributed by atoms with van der Waals surface area (Å²) < 4.78 is 27.3. The van der Waals surface area contributed by atoms with Crippen molar-refractivity contribution in [2.75, 3.05) is 33.3 Å². The summed E-state index contributed by atoms with van der Waals surface area (Å²) in [5.41, 5.74) is 0. The van der Waals surface area contributed by atoms with Crippen LogP contribution in [0.5, 0.6) is 0 Å². The Hall–Kier alpha value is -0.170. The molecule has 1 N–H and O–H groups in total. The molecule has 0 aromatic carbocycles. The highest BCUT2D eigenvalue weighted by atomic mass is 32.2. The minimum absolute atomic E-state index is 0.183. The molecule has 5 nitrogen and oxygen atoms in total. The van der Waals surface area contributed by atoms with Crippen LogP contribution in [0.15, 0.2) is 0 Å². The van der Waals surface area contributed by atoms with Gasteiger partial charge >= 0.3 is 0 Å². The van der Waals surface area contributed by atoms with Gasteiger partial charge in [-0.25, -0.2) is 0 Å². The predicted octanol–water partition coefficient (Wildman–Crippen LogP) is 0.811. The van der Waals surface area contributed by atoms with Crippen molar-refractivity contribution >= 4 is 10.2 Å². The molecule has 0 unspecified atom stereocenters.